The fourth-order valence-corrected chi connectivity index (χ4v) is 4.65. The van der Waals surface area contributed by atoms with E-state index in [4.69, 9.17) is 4.18 Å². The zero-order chi connectivity index (χ0) is 17.5. The number of carbonyl (C=O) groups is 1. The average molecular weight is 367 g/mol. The van der Waals surface area contributed by atoms with Gasteiger partial charge in [-0.2, -0.15) is 0 Å². The Morgan fingerprint density at radius 3 is 2.96 bits per heavy atom. The maximum atomic E-state index is 13.7. The molecule has 24 heavy (non-hydrogen) atoms. The monoisotopic (exact) mass is 367 g/mol. The van der Waals surface area contributed by atoms with Crippen LogP contribution in [0.3, 0.4) is 0 Å². The number of halogens is 1. The first-order chi connectivity index (χ1) is 11.3. The van der Waals surface area contributed by atoms with Crippen LogP contribution in [0.1, 0.15) is 46.8 Å². The molecule has 2 heterocycles. The normalized spacial score (nSPS) is 16.0. The molecular formula is C17H18FNO3S2. The second kappa shape index (κ2) is 6.46. The third-order valence-corrected chi connectivity index (χ3v) is 5.83. The molecule has 2 aromatic rings. The van der Waals surface area contributed by atoms with Crippen LogP contribution in [0.2, 0.25) is 0 Å². The predicted octanol–water partition coefficient (Wildman–Crippen LogP) is 4.52. The summed E-state index contributed by atoms with van der Waals surface area (Å²) in [7, 11) is 0. The molecule has 1 aliphatic carbocycles. The van der Waals surface area contributed by atoms with E-state index in [1.165, 1.54) is 17.4 Å². The second-order valence-corrected chi connectivity index (χ2v) is 8.14. The standard InChI is InChI=1S/C17H18FNO3S2/c1-17(2)4-3-13-11(6-17)14(16(20)21)15(24-13)10-5-9(18)7-19-12(10)8-22-23/h5,7,23H,3-4,6,8H2,1-2H3,(H,20,21). The predicted molar refractivity (Wildman–Crippen MR) is 94.0 cm³/mol. The van der Waals surface area contributed by atoms with E-state index in [-0.39, 0.29) is 17.6 Å². The van der Waals surface area contributed by atoms with Gasteiger partial charge in [0.05, 0.1) is 22.3 Å². The van der Waals surface area contributed by atoms with Gasteiger partial charge in [0.15, 0.2) is 0 Å². The van der Waals surface area contributed by atoms with Crippen LogP contribution in [0.5, 0.6) is 0 Å². The van der Waals surface area contributed by atoms with Crippen molar-refractivity contribution in [3.63, 3.8) is 0 Å². The smallest absolute Gasteiger partial charge is 0.337 e. The average Bonchev–Trinajstić information content (AvgIpc) is 2.86. The lowest BCUT2D eigenvalue weighted by Crippen LogP contribution is -2.22. The molecule has 0 aromatic carbocycles. The molecule has 0 atom stereocenters. The quantitative estimate of drug-likeness (QED) is 0.616. The minimum absolute atomic E-state index is 0.0623. The molecule has 1 N–H and O–H groups in total. The summed E-state index contributed by atoms with van der Waals surface area (Å²) in [6.07, 6.45) is 3.66. The van der Waals surface area contributed by atoms with Crippen molar-refractivity contribution in [2.45, 2.75) is 39.7 Å². The summed E-state index contributed by atoms with van der Waals surface area (Å²) >= 11 is 5.16. The molecular weight excluding hydrogens is 349 g/mol. The molecule has 3 rings (SSSR count). The number of aromatic carboxylic acids is 1. The lowest BCUT2D eigenvalue weighted by molar-refractivity contribution is 0.0696. The Bertz CT molecular complexity index is 801. The number of hydrogen-bond donors (Lipinski definition) is 2. The van der Waals surface area contributed by atoms with E-state index < -0.39 is 11.8 Å². The molecule has 0 bridgehead atoms. The van der Waals surface area contributed by atoms with Gasteiger partial charge in [-0.1, -0.05) is 13.8 Å². The number of carboxylic acid groups (broad SMARTS) is 1. The highest BCUT2D eigenvalue weighted by atomic mass is 32.1. The summed E-state index contributed by atoms with van der Waals surface area (Å²) in [6, 6.07) is 1.32. The van der Waals surface area contributed by atoms with Crippen LogP contribution in [0.4, 0.5) is 4.39 Å². The molecule has 0 spiro atoms. The van der Waals surface area contributed by atoms with Crippen LogP contribution in [0, 0.1) is 11.2 Å². The van der Waals surface area contributed by atoms with E-state index in [1.54, 1.807) is 0 Å². The van der Waals surface area contributed by atoms with Gasteiger partial charge in [0.1, 0.15) is 12.4 Å². The number of thiol groups is 1. The molecule has 0 saturated carbocycles. The van der Waals surface area contributed by atoms with Gasteiger partial charge in [0, 0.05) is 10.4 Å². The fraction of sp³-hybridized carbons (Fsp3) is 0.412. The Balaban J connectivity index is 2.21. The Labute approximate surface area is 149 Å². The van der Waals surface area contributed by atoms with Crippen LogP contribution in [0.25, 0.3) is 10.4 Å². The maximum Gasteiger partial charge on any atom is 0.337 e. The highest BCUT2D eigenvalue weighted by molar-refractivity contribution is 7.75. The van der Waals surface area contributed by atoms with Gasteiger partial charge in [-0.15, -0.1) is 11.3 Å². The van der Waals surface area contributed by atoms with E-state index in [0.717, 1.165) is 29.5 Å². The van der Waals surface area contributed by atoms with E-state index in [9.17, 15) is 14.3 Å². The lowest BCUT2D eigenvalue weighted by atomic mass is 9.76. The highest BCUT2D eigenvalue weighted by Crippen LogP contribution is 2.45. The minimum Gasteiger partial charge on any atom is -0.478 e. The molecule has 0 aliphatic heterocycles. The molecule has 0 radical (unpaired) electrons. The van der Waals surface area contributed by atoms with E-state index in [1.807, 2.05) is 0 Å². The van der Waals surface area contributed by atoms with Crippen molar-refractivity contribution in [2.75, 3.05) is 0 Å². The number of rotatable bonds is 4. The van der Waals surface area contributed by atoms with Crippen molar-refractivity contribution in [1.82, 2.24) is 4.98 Å². The number of aromatic nitrogens is 1. The van der Waals surface area contributed by atoms with Crippen LogP contribution < -0.4 is 0 Å². The van der Waals surface area contributed by atoms with Crippen LogP contribution in [-0.2, 0) is 23.6 Å². The zero-order valence-electron chi connectivity index (χ0n) is 13.4. The van der Waals surface area contributed by atoms with E-state index in [2.05, 4.69) is 31.7 Å². The van der Waals surface area contributed by atoms with Crippen molar-refractivity contribution in [3.8, 4) is 10.4 Å². The number of hydrogen-bond acceptors (Lipinski definition) is 5. The van der Waals surface area contributed by atoms with E-state index in [0.29, 0.717) is 22.6 Å². The molecule has 4 nitrogen and oxygen atoms in total. The Hall–Kier alpha value is -1.44. The maximum absolute atomic E-state index is 13.7. The summed E-state index contributed by atoms with van der Waals surface area (Å²) in [4.78, 5) is 17.6. The Morgan fingerprint density at radius 1 is 1.54 bits per heavy atom. The fourth-order valence-electron chi connectivity index (χ4n) is 3.18. The molecule has 0 unspecified atom stereocenters. The molecule has 7 heteroatoms. The topological polar surface area (TPSA) is 59.4 Å². The summed E-state index contributed by atoms with van der Waals surface area (Å²) in [5.74, 6) is -1.49. The van der Waals surface area contributed by atoms with Crippen LogP contribution in [0.15, 0.2) is 12.3 Å². The molecule has 0 fully saturated rings. The minimum atomic E-state index is -0.984. The first-order valence-corrected chi connectivity index (χ1v) is 8.79. The summed E-state index contributed by atoms with van der Waals surface area (Å²) in [5, 5.41) is 9.78. The number of thiophene rings is 1. The third-order valence-electron chi connectivity index (χ3n) is 4.37. The largest absolute Gasteiger partial charge is 0.478 e. The van der Waals surface area contributed by atoms with Gasteiger partial charge in [0.25, 0.3) is 0 Å². The molecule has 2 aromatic heterocycles. The number of fused-ring (bicyclic) bond motifs is 1. The van der Waals surface area contributed by atoms with Gasteiger partial charge < -0.3 is 9.29 Å². The highest BCUT2D eigenvalue weighted by Gasteiger charge is 2.33. The SMILES string of the molecule is CC1(C)CCc2sc(-c3cc(F)cnc3COS)c(C(=O)O)c2C1. The number of pyridine rings is 1. The Morgan fingerprint density at radius 2 is 2.29 bits per heavy atom. The molecule has 128 valence electrons. The number of aryl methyl sites for hydroxylation is 1. The van der Waals surface area contributed by atoms with Crippen molar-refractivity contribution in [1.29, 1.82) is 0 Å². The second-order valence-electron chi connectivity index (χ2n) is 6.78. The van der Waals surface area contributed by atoms with Crippen molar-refractivity contribution < 1.29 is 18.5 Å². The van der Waals surface area contributed by atoms with Gasteiger partial charge in [-0.3, -0.25) is 4.98 Å². The summed E-state index contributed by atoms with van der Waals surface area (Å²) in [6.45, 7) is 4.36. The van der Waals surface area contributed by atoms with Crippen molar-refractivity contribution in [3.05, 3.63) is 39.8 Å². The first-order valence-electron chi connectivity index (χ1n) is 7.61. The van der Waals surface area contributed by atoms with Crippen molar-refractivity contribution >= 4 is 30.2 Å². The third kappa shape index (κ3) is 3.20. The van der Waals surface area contributed by atoms with Gasteiger partial charge >= 0.3 is 5.97 Å². The number of nitrogens with zero attached hydrogens (tertiary/aromatic N) is 1. The first kappa shape index (κ1) is 17.4. The molecule has 1 aliphatic rings. The van der Waals surface area contributed by atoms with Crippen LogP contribution in [-0.4, -0.2) is 16.1 Å². The van der Waals surface area contributed by atoms with Crippen LogP contribution >= 0.6 is 24.2 Å². The summed E-state index contributed by atoms with van der Waals surface area (Å²) < 4.78 is 18.6. The van der Waals surface area contributed by atoms with Gasteiger partial charge in [-0.25, -0.2) is 9.18 Å². The molecule has 0 amide bonds. The summed E-state index contributed by atoms with van der Waals surface area (Å²) in [5.41, 5.74) is 2.16. The zero-order valence-corrected chi connectivity index (χ0v) is 15.1. The Kier molecular flexibility index (Phi) is 4.68. The van der Waals surface area contributed by atoms with E-state index >= 15 is 0 Å². The molecule has 0 saturated heterocycles. The lowest BCUT2D eigenvalue weighted by Gasteiger charge is -2.29. The van der Waals surface area contributed by atoms with Gasteiger partial charge in [0.2, 0.25) is 0 Å². The number of carboxylic acids is 1. The van der Waals surface area contributed by atoms with Crippen molar-refractivity contribution in [2.24, 2.45) is 5.41 Å². The van der Waals surface area contributed by atoms with Gasteiger partial charge in [-0.05, 0) is 49.2 Å².